The van der Waals surface area contributed by atoms with Crippen LogP contribution < -0.4 is 9.47 Å². The number of amides is 1. The number of benzene rings is 2. The lowest BCUT2D eigenvalue weighted by atomic mass is 10.00. The van der Waals surface area contributed by atoms with E-state index < -0.39 is 11.6 Å². The Bertz CT molecular complexity index is 1310. The molecule has 4 rings (SSSR count). The maximum Gasteiger partial charge on any atom is 0.410 e. The number of hydrogen-bond acceptors (Lipinski definition) is 8. The third-order valence-corrected chi connectivity index (χ3v) is 6.55. The van der Waals surface area contributed by atoms with E-state index in [2.05, 4.69) is 9.88 Å². The van der Waals surface area contributed by atoms with Gasteiger partial charge in [-0.1, -0.05) is 6.07 Å². The van der Waals surface area contributed by atoms with Crippen LogP contribution in [0.4, 0.5) is 4.79 Å². The molecule has 9 nitrogen and oxygen atoms in total. The van der Waals surface area contributed by atoms with Crippen molar-refractivity contribution in [1.29, 1.82) is 0 Å². The zero-order chi connectivity index (χ0) is 28.0. The molecule has 0 spiro atoms. The summed E-state index contributed by atoms with van der Waals surface area (Å²) in [7, 11) is 2.99. The monoisotopic (exact) mass is 535 g/mol. The first-order chi connectivity index (χ1) is 18.7. The van der Waals surface area contributed by atoms with Crippen LogP contribution in [0.25, 0.3) is 22.0 Å². The molecule has 1 aromatic heterocycles. The molecule has 0 N–H and O–H groups in total. The van der Waals surface area contributed by atoms with Gasteiger partial charge in [-0.2, -0.15) is 0 Å². The van der Waals surface area contributed by atoms with Crippen molar-refractivity contribution >= 4 is 23.0 Å². The lowest BCUT2D eigenvalue weighted by Crippen LogP contribution is -2.50. The molecule has 0 radical (unpaired) electrons. The molecule has 1 saturated heterocycles. The quantitative estimate of drug-likeness (QED) is 0.293. The van der Waals surface area contributed by atoms with E-state index in [1.54, 1.807) is 24.3 Å². The second-order valence-electron chi connectivity index (χ2n) is 10.5. The second-order valence-corrected chi connectivity index (χ2v) is 10.5. The SMILES string of the molecule is COC(=O)c1ccnc2ccc(-c3ccc(OC)cc3OCCCN3CCN(C(=O)OC(C)(C)C)CC3)cc12. The van der Waals surface area contributed by atoms with Gasteiger partial charge in [0.2, 0.25) is 0 Å². The number of methoxy groups -OCH3 is 2. The van der Waals surface area contributed by atoms with Crippen LogP contribution in [-0.4, -0.2) is 86.0 Å². The van der Waals surface area contributed by atoms with Crippen LogP contribution in [0.5, 0.6) is 11.5 Å². The summed E-state index contributed by atoms with van der Waals surface area (Å²) in [6.45, 7) is 9.94. The fraction of sp³-hybridized carbons (Fsp3) is 0.433. The van der Waals surface area contributed by atoms with Crippen molar-refractivity contribution in [2.24, 2.45) is 0 Å². The molecule has 0 bridgehead atoms. The Balaban J connectivity index is 1.40. The van der Waals surface area contributed by atoms with Crippen molar-refractivity contribution in [3.63, 3.8) is 0 Å². The van der Waals surface area contributed by atoms with Crippen LogP contribution in [0.2, 0.25) is 0 Å². The summed E-state index contributed by atoms with van der Waals surface area (Å²) in [6, 6.07) is 13.2. The maximum absolute atomic E-state index is 12.3. The Morgan fingerprint density at radius 1 is 0.974 bits per heavy atom. The van der Waals surface area contributed by atoms with Crippen molar-refractivity contribution < 1.29 is 28.5 Å². The minimum atomic E-state index is -0.488. The normalized spacial score (nSPS) is 14.2. The first kappa shape index (κ1) is 28.2. The van der Waals surface area contributed by atoms with E-state index in [4.69, 9.17) is 18.9 Å². The zero-order valence-corrected chi connectivity index (χ0v) is 23.4. The van der Waals surface area contributed by atoms with Gasteiger partial charge in [0.05, 0.1) is 31.9 Å². The molecule has 1 fully saturated rings. The van der Waals surface area contributed by atoms with Gasteiger partial charge in [-0.15, -0.1) is 0 Å². The van der Waals surface area contributed by atoms with E-state index in [0.717, 1.165) is 37.2 Å². The Morgan fingerprint density at radius 3 is 2.44 bits per heavy atom. The van der Waals surface area contributed by atoms with Crippen LogP contribution in [0, 0.1) is 0 Å². The summed E-state index contributed by atoms with van der Waals surface area (Å²) in [5.74, 6) is 0.995. The summed E-state index contributed by atoms with van der Waals surface area (Å²) >= 11 is 0. The summed E-state index contributed by atoms with van der Waals surface area (Å²) in [5, 5.41) is 0.717. The number of esters is 1. The molecule has 1 amide bonds. The van der Waals surface area contributed by atoms with Gasteiger partial charge < -0.3 is 23.8 Å². The van der Waals surface area contributed by atoms with Gasteiger partial charge in [-0.3, -0.25) is 9.88 Å². The van der Waals surface area contributed by atoms with Crippen molar-refractivity contribution in [2.75, 3.05) is 53.6 Å². The number of fused-ring (bicyclic) bond motifs is 1. The smallest absolute Gasteiger partial charge is 0.410 e. The summed E-state index contributed by atoms with van der Waals surface area (Å²) in [6.07, 6.45) is 2.18. The Hall–Kier alpha value is -3.85. The summed E-state index contributed by atoms with van der Waals surface area (Å²) < 4.78 is 22.1. The maximum atomic E-state index is 12.3. The highest BCUT2D eigenvalue weighted by Gasteiger charge is 2.25. The number of ether oxygens (including phenoxy) is 4. The molecule has 3 aromatic rings. The fourth-order valence-corrected chi connectivity index (χ4v) is 4.54. The van der Waals surface area contributed by atoms with Crippen molar-refractivity contribution in [3.05, 3.63) is 54.2 Å². The predicted octanol–water partition coefficient (Wildman–Crippen LogP) is 5.02. The van der Waals surface area contributed by atoms with Crippen molar-refractivity contribution in [3.8, 4) is 22.6 Å². The number of pyridine rings is 1. The number of carbonyl (C=O) groups excluding carboxylic acids is 2. The Kier molecular flexibility index (Phi) is 8.91. The van der Waals surface area contributed by atoms with Gasteiger partial charge in [0, 0.05) is 55.9 Å². The molecule has 1 aliphatic heterocycles. The van der Waals surface area contributed by atoms with Crippen LogP contribution in [0.15, 0.2) is 48.7 Å². The number of nitrogens with zero attached hydrogens (tertiary/aromatic N) is 3. The topological polar surface area (TPSA) is 90.4 Å². The Morgan fingerprint density at radius 2 is 1.74 bits per heavy atom. The highest BCUT2D eigenvalue weighted by molar-refractivity contribution is 6.04. The van der Waals surface area contributed by atoms with Crippen LogP contribution in [-0.2, 0) is 9.47 Å². The second kappa shape index (κ2) is 12.3. The first-order valence-corrected chi connectivity index (χ1v) is 13.2. The average molecular weight is 536 g/mol. The van der Waals surface area contributed by atoms with E-state index >= 15 is 0 Å². The van der Waals surface area contributed by atoms with Crippen molar-refractivity contribution in [2.45, 2.75) is 32.8 Å². The average Bonchev–Trinajstić information content (AvgIpc) is 2.93. The predicted molar refractivity (Wildman–Crippen MR) is 149 cm³/mol. The zero-order valence-electron chi connectivity index (χ0n) is 23.4. The Labute approximate surface area is 229 Å². The molecule has 0 unspecified atom stereocenters. The molecule has 1 aliphatic rings. The molecule has 208 valence electrons. The molecule has 0 saturated carbocycles. The first-order valence-electron chi connectivity index (χ1n) is 13.2. The molecule has 0 aliphatic carbocycles. The third-order valence-electron chi connectivity index (χ3n) is 6.55. The molecular weight excluding hydrogens is 498 g/mol. The lowest BCUT2D eigenvalue weighted by Gasteiger charge is -2.35. The third kappa shape index (κ3) is 7.17. The molecule has 39 heavy (non-hydrogen) atoms. The lowest BCUT2D eigenvalue weighted by molar-refractivity contribution is 0.0142. The number of aromatic nitrogens is 1. The number of hydrogen-bond donors (Lipinski definition) is 0. The van der Waals surface area contributed by atoms with E-state index in [1.807, 2.05) is 57.2 Å². The standard InChI is InChI=1S/C30H37N3O6/c1-30(2,3)39-29(35)33-16-14-32(15-17-33)13-6-18-38-27-20-22(36-4)8-9-23(27)21-7-10-26-25(19-21)24(11-12-31-26)28(34)37-5/h7-12,19-20H,6,13-18H2,1-5H3. The minimum absolute atomic E-state index is 0.251. The molecule has 2 heterocycles. The fourth-order valence-electron chi connectivity index (χ4n) is 4.54. The van der Waals surface area contributed by atoms with Crippen molar-refractivity contribution in [1.82, 2.24) is 14.8 Å². The molecule has 9 heteroatoms. The van der Waals surface area contributed by atoms with Gasteiger partial charge in [0.1, 0.15) is 17.1 Å². The summed E-state index contributed by atoms with van der Waals surface area (Å²) in [4.78, 5) is 33.1. The molecule has 0 atom stereocenters. The van der Waals surface area contributed by atoms with Crippen LogP contribution in [0.1, 0.15) is 37.6 Å². The number of piperazine rings is 1. The molecular formula is C30H37N3O6. The van der Waals surface area contributed by atoms with Gasteiger partial charge in [-0.25, -0.2) is 9.59 Å². The van der Waals surface area contributed by atoms with Gasteiger partial charge in [-0.05, 0) is 63.1 Å². The van der Waals surface area contributed by atoms with E-state index in [1.165, 1.54) is 7.11 Å². The van der Waals surface area contributed by atoms with Crippen LogP contribution in [0.3, 0.4) is 0 Å². The van der Waals surface area contributed by atoms with E-state index in [9.17, 15) is 9.59 Å². The van der Waals surface area contributed by atoms with Gasteiger partial charge >= 0.3 is 12.1 Å². The minimum Gasteiger partial charge on any atom is -0.497 e. The largest absolute Gasteiger partial charge is 0.497 e. The van der Waals surface area contributed by atoms with Gasteiger partial charge in [0.15, 0.2) is 0 Å². The highest BCUT2D eigenvalue weighted by atomic mass is 16.6. The van der Waals surface area contributed by atoms with E-state index in [0.29, 0.717) is 47.7 Å². The molecule has 2 aromatic carbocycles. The number of rotatable bonds is 8. The summed E-state index contributed by atoms with van der Waals surface area (Å²) in [5.41, 5.74) is 2.48. The number of carbonyl (C=O) groups is 2. The van der Waals surface area contributed by atoms with Gasteiger partial charge in [0.25, 0.3) is 0 Å². The highest BCUT2D eigenvalue weighted by Crippen LogP contribution is 2.35. The van der Waals surface area contributed by atoms with E-state index in [-0.39, 0.29) is 6.09 Å². The van der Waals surface area contributed by atoms with Crippen LogP contribution >= 0.6 is 0 Å².